The molecular weight excluding hydrogens is 544 g/mol. The highest BCUT2D eigenvalue weighted by Crippen LogP contribution is 2.24. The number of benzene rings is 2. The van der Waals surface area contributed by atoms with E-state index in [1.165, 1.54) is 0 Å². The lowest BCUT2D eigenvalue weighted by Gasteiger charge is -2.33. The number of aliphatic carboxylic acids is 2. The zero-order chi connectivity index (χ0) is 30.2. The van der Waals surface area contributed by atoms with Crippen LogP contribution in [0.5, 0.6) is 11.5 Å². The third-order valence-electron chi connectivity index (χ3n) is 3.76. The fraction of sp³-hybridized carbons (Fsp3) is 0.167. The van der Waals surface area contributed by atoms with Gasteiger partial charge in [0.1, 0.15) is 11.5 Å². The maximum atomic E-state index is 9.78. The Kier molecular flexibility index (Phi) is 14.4. The van der Waals surface area contributed by atoms with Gasteiger partial charge in [0.15, 0.2) is 0 Å². The molecule has 0 aliphatic heterocycles. The monoisotopic (exact) mass is 578 g/mol. The average molecular weight is 579 g/mol. The van der Waals surface area contributed by atoms with E-state index in [9.17, 15) is 19.2 Å². The van der Waals surface area contributed by atoms with Crippen LogP contribution in [0.3, 0.4) is 0 Å². The van der Waals surface area contributed by atoms with E-state index in [-0.39, 0.29) is 0 Å². The van der Waals surface area contributed by atoms with Crippen LogP contribution in [0.25, 0.3) is 0 Å². The second-order valence-corrected chi connectivity index (χ2v) is 15.2. The zero-order valence-electron chi connectivity index (χ0n) is 22.0. The molecule has 0 bridgehead atoms. The van der Waals surface area contributed by atoms with Crippen LogP contribution in [0, 0.1) is 0 Å². The summed E-state index contributed by atoms with van der Waals surface area (Å²) in [6.45, 7) is 8.02. The molecule has 0 unspecified atom stereocenters. The average Bonchev–Trinajstić information content (AvgIpc) is 2.79. The lowest BCUT2D eigenvalue weighted by atomic mass is 10.3. The second kappa shape index (κ2) is 16.3. The molecule has 0 heterocycles. The predicted octanol–water partition coefficient (Wildman–Crippen LogP) is 1.95. The topological polar surface area (TPSA) is 241 Å². The van der Waals surface area contributed by atoms with Gasteiger partial charge in [-0.1, -0.05) is 0 Å². The highest BCUT2D eigenvalue weighted by Gasteiger charge is 2.39. The first-order valence-electron chi connectivity index (χ1n) is 11.1. The van der Waals surface area contributed by atoms with Crippen molar-refractivity contribution in [1.82, 2.24) is 0 Å². The molecule has 2 aromatic rings. The Balaban J connectivity index is 0.000000742. The molecule has 2 rings (SSSR count). The van der Waals surface area contributed by atoms with Crippen molar-refractivity contribution in [3.63, 3.8) is 0 Å². The maximum Gasteiger partial charge on any atom is 0.384 e. The van der Waals surface area contributed by atoms with Crippen LogP contribution in [0.15, 0.2) is 72.8 Å². The summed E-state index contributed by atoms with van der Waals surface area (Å²) in [7, 11) is -4.78. The van der Waals surface area contributed by atoms with Gasteiger partial charge in [-0.15, -0.1) is 0 Å². The van der Waals surface area contributed by atoms with Crippen LogP contribution >= 0.6 is 0 Å². The number of carbonyl (C=O) groups is 4. The molecule has 0 aromatic heterocycles. The van der Waals surface area contributed by atoms with Crippen molar-refractivity contribution >= 4 is 52.2 Å². The molecule has 0 fully saturated rings. The first kappa shape index (κ1) is 34.4. The Labute approximate surface area is 228 Å². The molecule has 39 heavy (non-hydrogen) atoms. The van der Waals surface area contributed by atoms with E-state index >= 15 is 0 Å². The Morgan fingerprint density at radius 1 is 0.615 bits per heavy atom. The van der Waals surface area contributed by atoms with Gasteiger partial charge in [-0.3, -0.25) is 9.59 Å². The van der Waals surface area contributed by atoms with Crippen LogP contribution in [0.4, 0.5) is 11.4 Å². The van der Waals surface area contributed by atoms with E-state index in [0.29, 0.717) is 23.5 Å². The molecule has 0 aliphatic carbocycles. The minimum absolute atomic E-state index is 0.683. The number of nitrogens with two attached hydrogens (primary N) is 4. The van der Waals surface area contributed by atoms with Crippen LogP contribution < -0.4 is 31.8 Å². The van der Waals surface area contributed by atoms with E-state index in [1.807, 2.05) is 74.7 Å². The Bertz CT molecular complexity index is 1040. The van der Waals surface area contributed by atoms with E-state index in [2.05, 4.69) is 11.5 Å². The molecule has 212 valence electrons. The minimum Gasteiger partial charge on any atom is -0.521 e. The minimum atomic E-state index is -2.39. The Morgan fingerprint density at radius 2 is 0.897 bits per heavy atom. The van der Waals surface area contributed by atoms with Gasteiger partial charge in [-0.25, -0.2) is 9.59 Å². The third kappa shape index (κ3) is 19.2. The van der Waals surface area contributed by atoms with Gasteiger partial charge in [-0.05, 0) is 74.7 Å². The number of primary amides is 2. The summed E-state index contributed by atoms with van der Waals surface area (Å²) in [6.07, 6.45) is 2.93. The summed E-state index contributed by atoms with van der Waals surface area (Å²) in [5, 5.41) is 15.7. The normalized spacial score (nSPS) is 11.0. The zero-order valence-corrected chi connectivity index (χ0v) is 24.0. The van der Waals surface area contributed by atoms with Crippen molar-refractivity contribution in [3.05, 3.63) is 72.8 Å². The number of rotatable bonds is 10. The number of hydrogen-bond donors (Lipinski definition) is 6. The van der Waals surface area contributed by atoms with Gasteiger partial charge < -0.3 is 46.1 Å². The summed E-state index contributed by atoms with van der Waals surface area (Å²) in [6, 6.07) is 14.7. The van der Waals surface area contributed by atoms with Crippen LogP contribution in [0.2, 0.25) is 26.2 Å². The van der Waals surface area contributed by atoms with Crippen LogP contribution in [-0.2, 0) is 23.3 Å². The summed E-state index contributed by atoms with van der Waals surface area (Å²) in [4.78, 5) is 38.8. The molecular formula is C24H34N4O9Si2. The summed E-state index contributed by atoms with van der Waals surface area (Å²) >= 11 is 0. The number of amides is 2. The first-order valence-corrected chi connectivity index (χ1v) is 16.7. The molecule has 10 N–H and O–H groups in total. The van der Waals surface area contributed by atoms with Gasteiger partial charge in [-0.2, -0.15) is 0 Å². The fourth-order valence-corrected chi connectivity index (χ4v) is 9.06. The fourth-order valence-electron chi connectivity index (χ4n) is 2.58. The molecule has 2 aromatic carbocycles. The van der Waals surface area contributed by atoms with Crippen LogP contribution in [-0.4, -0.2) is 51.1 Å². The van der Waals surface area contributed by atoms with Crippen LogP contribution in [0.1, 0.15) is 0 Å². The SMILES string of the molecule is C[Si](C)(Oc1ccc(N)cc1)O[Si](C)(C)Oc1ccc(N)cc1.NC(=O)/C=C\C(=O)O.NC(=O)/C=C\C(=O)O. The van der Waals surface area contributed by atoms with Gasteiger partial charge in [0, 0.05) is 35.7 Å². The first-order chi connectivity index (χ1) is 17.9. The van der Waals surface area contributed by atoms with E-state index in [0.717, 1.165) is 23.7 Å². The largest absolute Gasteiger partial charge is 0.521 e. The lowest BCUT2D eigenvalue weighted by molar-refractivity contribution is -0.132. The van der Waals surface area contributed by atoms with Gasteiger partial charge in [0.05, 0.1) is 0 Å². The quantitative estimate of drug-likeness (QED) is 0.135. The molecule has 0 saturated carbocycles. The standard InChI is InChI=1S/C16H24N2O3Si2.2C4H5NO3/c1-22(2,19-15-9-5-13(17)6-10-15)21-23(3,4)20-16-11-7-14(18)8-12-16;2*5-3(6)1-2-4(7)8/h5-12H,17-18H2,1-4H3;2*1-2H,(H2,5,6)(H,7,8)/b;2*2-1-. The lowest BCUT2D eigenvalue weighted by Crippen LogP contribution is -2.52. The molecule has 13 nitrogen and oxygen atoms in total. The van der Waals surface area contributed by atoms with Gasteiger partial charge in [0.2, 0.25) is 11.8 Å². The van der Waals surface area contributed by atoms with E-state index in [4.69, 9.17) is 34.6 Å². The van der Waals surface area contributed by atoms with Gasteiger partial charge in [0.25, 0.3) is 0 Å². The number of anilines is 2. The Morgan fingerprint density at radius 3 is 1.10 bits per heavy atom. The van der Waals surface area contributed by atoms with Crippen molar-refractivity contribution < 1.29 is 42.4 Å². The van der Waals surface area contributed by atoms with Crippen molar-refractivity contribution in [3.8, 4) is 11.5 Å². The predicted molar refractivity (Wildman–Crippen MR) is 151 cm³/mol. The summed E-state index contributed by atoms with van der Waals surface area (Å²) in [5.74, 6) is -2.35. The number of carbonyl (C=O) groups excluding carboxylic acids is 2. The maximum absolute atomic E-state index is 9.78. The second-order valence-electron chi connectivity index (χ2n) is 8.39. The molecule has 0 atom stereocenters. The third-order valence-corrected chi connectivity index (χ3v) is 9.15. The number of carboxylic acid groups (broad SMARTS) is 2. The molecule has 0 saturated heterocycles. The summed E-state index contributed by atoms with van der Waals surface area (Å²) < 4.78 is 18.4. The highest BCUT2D eigenvalue weighted by molar-refractivity contribution is 6.79. The number of carboxylic acids is 2. The molecule has 15 heteroatoms. The van der Waals surface area contributed by atoms with Crippen molar-refractivity contribution in [2.75, 3.05) is 11.5 Å². The summed E-state index contributed by atoms with van der Waals surface area (Å²) in [5.41, 5.74) is 21.9. The molecule has 0 aliphatic rings. The van der Waals surface area contributed by atoms with Crippen molar-refractivity contribution in [2.45, 2.75) is 26.2 Å². The van der Waals surface area contributed by atoms with Gasteiger partial charge >= 0.3 is 29.1 Å². The van der Waals surface area contributed by atoms with Crippen molar-refractivity contribution in [2.24, 2.45) is 11.5 Å². The smallest absolute Gasteiger partial charge is 0.384 e. The highest BCUT2D eigenvalue weighted by atomic mass is 28.5. The van der Waals surface area contributed by atoms with E-state index < -0.39 is 40.9 Å². The molecule has 0 spiro atoms. The molecule has 2 amide bonds. The Hall–Kier alpha value is -4.61. The van der Waals surface area contributed by atoms with Crippen molar-refractivity contribution in [1.29, 1.82) is 0 Å². The molecule has 0 radical (unpaired) electrons. The number of nitrogen functional groups attached to an aromatic ring is 2. The number of hydrogen-bond acceptors (Lipinski definition) is 9. The van der Waals surface area contributed by atoms with E-state index in [1.54, 1.807) is 0 Å².